The molecular weight excluding hydrogens is 289 g/mol. The SMILES string of the molecule is CCCNC(C)c1ccccc1-c1cc(Cl)ccc1Cl. The molecule has 3 heteroatoms. The Bertz CT molecular complexity index is 581. The Morgan fingerprint density at radius 2 is 1.80 bits per heavy atom. The largest absolute Gasteiger partial charge is 0.310 e. The van der Waals surface area contributed by atoms with E-state index in [0.717, 1.165) is 29.1 Å². The minimum absolute atomic E-state index is 0.279. The van der Waals surface area contributed by atoms with Gasteiger partial charge in [0.1, 0.15) is 0 Å². The van der Waals surface area contributed by atoms with Crippen LogP contribution in [0.2, 0.25) is 10.0 Å². The third-order valence-corrected chi connectivity index (χ3v) is 3.91. The lowest BCUT2D eigenvalue weighted by Crippen LogP contribution is -2.19. The minimum Gasteiger partial charge on any atom is -0.310 e. The van der Waals surface area contributed by atoms with E-state index in [1.165, 1.54) is 5.56 Å². The quantitative estimate of drug-likeness (QED) is 0.744. The molecule has 0 radical (unpaired) electrons. The van der Waals surface area contributed by atoms with Crippen molar-refractivity contribution in [2.75, 3.05) is 6.54 Å². The lowest BCUT2D eigenvalue weighted by atomic mass is 9.95. The molecule has 0 aliphatic heterocycles. The number of halogens is 2. The predicted octanol–water partition coefficient (Wildman–Crippen LogP) is 5.72. The average Bonchev–Trinajstić information content (AvgIpc) is 2.47. The van der Waals surface area contributed by atoms with Gasteiger partial charge in [0.25, 0.3) is 0 Å². The van der Waals surface area contributed by atoms with Gasteiger partial charge in [0, 0.05) is 21.7 Å². The van der Waals surface area contributed by atoms with Gasteiger partial charge >= 0.3 is 0 Å². The molecule has 2 rings (SSSR count). The maximum absolute atomic E-state index is 6.33. The van der Waals surface area contributed by atoms with Gasteiger partial charge in [-0.1, -0.05) is 54.4 Å². The van der Waals surface area contributed by atoms with Crippen LogP contribution >= 0.6 is 23.2 Å². The third-order valence-electron chi connectivity index (χ3n) is 3.35. The molecule has 0 saturated carbocycles. The number of rotatable bonds is 5. The van der Waals surface area contributed by atoms with Crippen LogP contribution in [0.1, 0.15) is 31.9 Å². The Kier molecular flexibility index (Phi) is 5.47. The molecule has 1 N–H and O–H groups in total. The van der Waals surface area contributed by atoms with E-state index in [1.54, 1.807) is 0 Å². The first-order chi connectivity index (χ1) is 9.63. The van der Waals surface area contributed by atoms with Crippen molar-refractivity contribution in [2.24, 2.45) is 0 Å². The van der Waals surface area contributed by atoms with Crippen LogP contribution in [0.5, 0.6) is 0 Å². The van der Waals surface area contributed by atoms with Crippen molar-refractivity contribution in [3.63, 3.8) is 0 Å². The van der Waals surface area contributed by atoms with Gasteiger partial charge in [-0.25, -0.2) is 0 Å². The molecule has 20 heavy (non-hydrogen) atoms. The first-order valence-electron chi connectivity index (χ1n) is 6.91. The van der Waals surface area contributed by atoms with Crippen molar-refractivity contribution in [2.45, 2.75) is 26.3 Å². The highest BCUT2D eigenvalue weighted by atomic mass is 35.5. The monoisotopic (exact) mass is 307 g/mol. The summed E-state index contributed by atoms with van der Waals surface area (Å²) in [6.45, 7) is 5.34. The molecular formula is C17H19Cl2N. The third kappa shape index (κ3) is 3.54. The van der Waals surface area contributed by atoms with Crippen molar-refractivity contribution in [3.8, 4) is 11.1 Å². The lowest BCUT2D eigenvalue weighted by molar-refractivity contribution is 0.572. The van der Waals surface area contributed by atoms with Crippen LogP contribution in [-0.2, 0) is 0 Å². The van der Waals surface area contributed by atoms with E-state index >= 15 is 0 Å². The molecule has 0 heterocycles. The summed E-state index contributed by atoms with van der Waals surface area (Å²) in [5, 5.41) is 4.95. The van der Waals surface area contributed by atoms with Crippen molar-refractivity contribution in [1.82, 2.24) is 5.32 Å². The predicted molar refractivity (Wildman–Crippen MR) is 88.6 cm³/mol. The summed E-state index contributed by atoms with van der Waals surface area (Å²) in [5.41, 5.74) is 3.36. The van der Waals surface area contributed by atoms with Crippen LogP contribution in [0, 0.1) is 0 Å². The van der Waals surface area contributed by atoms with E-state index in [2.05, 4.69) is 37.4 Å². The van der Waals surface area contributed by atoms with Crippen molar-refractivity contribution >= 4 is 23.2 Å². The lowest BCUT2D eigenvalue weighted by Gasteiger charge is -2.18. The fraction of sp³-hybridized carbons (Fsp3) is 0.294. The maximum atomic E-state index is 6.33. The number of hydrogen-bond donors (Lipinski definition) is 1. The summed E-state index contributed by atoms with van der Waals surface area (Å²) in [7, 11) is 0. The standard InChI is InChI=1S/C17H19Cl2N/c1-3-10-20-12(2)14-6-4-5-7-15(14)16-11-13(18)8-9-17(16)19/h4-9,11-12,20H,3,10H2,1-2H3. The second kappa shape index (κ2) is 7.12. The maximum Gasteiger partial charge on any atom is 0.0485 e. The Morgan fingerprint density at radius 1 is 1.05 bits per heavy atom. The number of nitrogens with one attached hydrogen (secondary N) is 1. The molecule has 0 saturated heterocycles. The zero-order valence-electron chi connectivity index (χ0n) is 11.8. The van der Waals surface area contributed by atoms with E-state index in [4.69, 9.17) is 23.2 Å². The molecule has 0 amide bonds. The molecule has 0 aliphatic rings. The van der Waals surface area contributed by atoms with Crippen LogP contribution in [0.15, 0.2) is 42.5 Å². The van der Waals surface area contributed by atoms with E-state index in [1.807, 2.05) is 24.3 Å². The normalized spacial score (nSPS) is 12.4. The molecule has 0 spiro atoms. The summed E-state index contributed by atoms with van der Waals surface area (Å²) in [4.78, 5) is 0. The number of benzene rings is 2. The summed E-state index contributed by atoms with van der Waals surface area (Å²) in [6.07, 6.45) is 1.12. The Balaban J connectivity index is 2.44. The van der Waals surface area contributed by atoms with Crippen LogP contribution in [0.25, 0.3) is 11.1 Å². The molecule has 106 valence electrons. The smallest absolute Gasteiger partial charge is 0.0485 e. The summed E-state index contributed by atoms with van der Waals surface area (Å²) in [6, 6.07) is 14.2. The van der Waals surface area contributed by atoms with Gasteiger partial charge in [0.2, 0.25) is 0 Å². The van der Waals surface area contributed by atoms with Gasteiger partial charge in [0.05, 0.1) is 0 Å². The average molecular weight is 308 g/mol. The van der Waals surface area contributed by atoms with E-state index in [9.17, 15) is 0 Å². The van der Waals surface area contributed by atoms with E-state index in [-0.39, 0.29) is 6.04 Å². The van der Waals surface area contributed by atoms with Gasteiger partial charge in [-0.05, 0) is 49.2 Å². The molecule has 1 unspecified atom stereocenters. The fourth-order valence-corrected chi connectivity index (χ4v) is 2.69. The van der Waals surface area contributed by atoms with Crippen molar-refractivity contribution < 1.29 is 0 Å². The molecule has 0 fully saturated rings. The van der Waals surface area contributed by atoms with E-state index in [0.29, 0.717) is 5.02 Å². The molecule has 1 atom stereocenters. The van der Waals surface area contributed by atoms with Crippen LogP contribution < -0.4 is 5.32 Å². The summed E-state index contributed by atoms with van der Waals surface area (Å²) >= 11 is 12.4. The highest BCUT2D eigenvalue weighted by Crippen LogP contribution is 2.34. The van der Waals surface area contributed by atoms with Gasteiger partial charge in [-0.15, -0.1) is 0 Å². The molecule has 2 aromatic rings. The molecule has 2 aromatic carbocycles. The highest BCUT2D eigenvalue weighted by Gasteiger charge is 2.13. The number of hydrogen-bond acceptors (Lipinski definition) is 1. The zero-order chi connectivity index (χ0) is 14.5. The summed E-state index contributed by atoms with van der Waals surface area (Å²) < 4.78 is 0. The molecule has 1 nitrogen and oxygen atoms in total. The fourth-order valence-electron chi connectivity index (χ4n) is 2.29. The van der Waals surface area contributed by atoms with Gasteiger partial charge in [0.15, 0.2) is 0 Å². The van der Waals surface area contributed by atoms with E-state index < -0.39 is 0 Å². The Hall–Kier alpha value is -1.02. The zero-order valence-corrected chi connectivity index (χ0v) is 13.3. The first-order valence-corrected chi connectivity index (χ1v) is 7.66. The van der Waals surface area contributed by atoms with Crippen LogP contribution in [-0.4, -0.2) is 6.54 Å². The second-order valence-corrected chi connectivity index (χ2v) is 5.73. The van der Waals surface area contributed by atoms with Crippen molar-refractivity contribution in [1.29, 1.82) is 0 Å². The second-order valence-electron chi connectivity index (χ2n) is 4.89. The molecule has 0 bridgehead atoms. The minimum atomic E-state index is 0.279. The van der Waals surface area contributed by atoms with Crippen molar-refractivity contribution in [3.05, 3.63) is 58.1 Å². The van der Waals surface area contributed by atoms with Crippen LogP contribution in [0.4, 0.5) is 0 Å². The van der Waals surface area contributed by atoms with Crippen LogP contribution in [0.3, 0.4) is 0 Å². The Labute approximate surface area is 130 Å². The van der Waals surface area contributed by atoms with Gasteiger partial charge < -0.3 is 5.32 Å². The van der Waals surface area contributed by atoms with Gasteiger partial charge in [-0.3, -0.25) is 0 Å². The summed E-state index contributed by atoms with van der Waals surface area (Å²) in [5.74, 6) is 0. The Morgan fingerprint density at radius 3 is 2.55 bits per heavy atom. The van der Waals surface area contributed by atoms with Gasteiger partial charge in [-0.2, -0.15) is 0 Å². The molecule has 0 aliphatic carbocycles. The molecule has 0 aromatic heterocycles. The highest BCUT2D eigenvalue weighted by molar-refractivity contribution is 6.35. The topological polar surface area (TPSA) is 12.0 Å². The first kappa shape index (κ1) is 15.4.